The molecule has 0 saturated carbocycles. The predicted molar refractivity (Wildman–Crippen MR) is 72.0 cm³/mol. The molecule has 3 atom stereocenters. The predicted octanol–water partition coefficient (Wildman–Crippen LogP) is 2.58. The summed E-state index contributed by atoms with van der Waals surface area (Å²) < 4.78 is 0. The van der Waals surface area contributed by atoms with E-state index in [0.717, 1.165) is 36.3 Å². The molecule has 0 aromatic carbocycles. The van der Waals surface area contributed by atoms with Gasteiger partial charge in [-0.1, -0.05) is 19.9 Å². The molecule has 1 aliphatic heterocycles. The molecule has 3 nitrogen and oxygen atoms in total. The van der Waals surface area contributed by atoms with Crippen molar-refractivity contribution in [2.75, 3.05) is 18.0 Å². The summed E-state index contributed by atoms with van der Waals surface area (Å²) in [7, 11) is 0. The Morgan fingerprint density at radius 1 is 1.35 bits per heavy atom. The molecular formula is C14H23N3. The van der Waals surface area contributed by atoms with Gasteiger partial charge in [-0.3, -0.25) is 0 Å². The standard InChI is InChI=1S/C14H23N3/c1-10-6-7-17(9-11(10)2)14-5-4-13(8-16-14)12(3)15/h4-5,8,10-12H,6-7,9,15H2,1-3H3. The molecule has 1 aliphatic rings. The van der Waals surface area contributed by atoms with Gasteiger partial charge in [-0.25, -0.2) is 4.98 Å². The maximum Gasteiger partial charge on any atom is 0.128 e. The van der Waals surface area contributed by atoms with Crippen molar-refractivity contribution in [3.05, 3.63) is 23.9 Å². The van der Waals surface area contributed by atoms with Crippen molar-refractivity contribution in [2.24, 2.45) is 17.6 Å². The zero-order valence-electron chi connectivity index (χ0n) is 11.1. The number of hydrogen-bond donors (Lipinski definition) is 1. The van der Waals surface area contributed by atoms with Gasteiger partial charge in [0.25, 0.3) is 0 Å². The third-order valence-corrected chi connectivity index (χ3v) is 3.95. The molecular weight excluding hydrogens is 210 g/mol. The van der Waals surface area contributed by atoms with Crippen molar-refractivity contribution >= 4 is 5.82 Å². The van der Waals surface area contributed by atoms with Gasteiger partial charge in [0.2, 0.25) is 0 Å². The Kier molecular flexibility index (Phi) is 3.67. The van der Waals surface area contributed by atoms with Crippen molar-refractivity contribution in [3.63, 3.8) is 0 Å². The van der Waals surface area contributed by atoms with E-state index < -0.39 is 0 Å². The molecule has 3 heteroatoms. The van der Waals surface area contributed by atoms with Gasteiger partial charge in [-0.15, -0.1) is 0 Å². The maximum absolute atomic E-state index is 5.83. The van der Waals surface area contributed by atoms with Gasteiger partial charge in [0.15, 0.2) is 0 Å². The molecule has 3 unspecified atom stereocenters. The average Bonchev–Trinajstić information content (AvgIpc) is 2.33. The highest BCUT2D eigenvalue weighted by Crippen LogP contribution is 2.26. The van der Waals surface area contributed by atoms with Crippen LogP contribution in [0.2, 0.25) is 0 Å². The summed E-state index contributed by atoms with van der Waals surface area (Å²) in [6.45, 7) is 8.89. The van der Waals surface area contributed by atoms with Crippen LogP contribution in [0.4, 0.5) is 5.82 Å². The molecule has 0 amide bonds. The SMILES string of the molecule is CC(N)c1ccc(N2CCC(C)C(C)C2)nc1. The number of aromatic nitrogens is 1. The molecule has 0 radical (unpaired) electrons. The monoisotopic (exact) mass is 233 g/mol. The molecule has 1 aromatic rings. The zero-order chi connectivity index (χ0) is 12.4. The second kappa shape index (κ2) is 5.05. The Morgan fingerprint density at radius 2 is 2.12 bits per heavy atom. The van der Waals surface area contributed by atoms with Gasteiger partial charge < -0.3 is 10.6 Å². The van der Waals surface area contributed by atoms with Crippen molar-refractivity contribution in [1.82, 2.24) is 4.98 Å². The van der Waals surface area contributed by atoms with Crippen molar-refractivity contribution < 1.29 is 0 Å². The molecule has 0 spiro atoms. The third kappa shape index (κ3) is 2.78. The fourth-order valence-electron chi connectivity index (χ4n) is 2.32. The molecule has 94 valence electrons. The molecule has 2 N–H and O–H groups in total. The van der Waals surface area contributed by atoms with Gasteiger partial charge in [0.05, 0.1) is 0 Å². The molecule has 1 fully saturated rings. The van der Waals surface area contributed by atoms with E-state index in [1.165, 1.54) is 6.42 Å². The van der Waals surface area contributed by atoms with Crippen molar-refractivity contribution in [2.45, 2.75) is 33.2 Å². The minimum atomic E-state index is 0.0665. The first-order valence-corrected chi connectivity index (χ1v) is 6.54. The van der Waals surface area contributed by atoms with Gasteiger partial charge in [-0.05, 0) is 36.8 Å². The van der Waals surface area contributed by atoms with Crippen LogP contribution in [0.3, 0.4) is 0 Å². The Bertz CT molecular complexity index is 358. The van der Waals surface area contributed by atoms with Crippen LogP contribution in [0.5, 0.6) is 0 Å². The summed E-state index contributed by atoms with van der Waals surface area (Å²) >= 11 is 0. The van der Waals surface area contributed by atoms with E-state index in [9.17, 15) is 0 Å². The molecule has 1 aromatic heterocycles. The minimum Gasteiger partial charge on any atom is -0.356 e. The fourth-order valence-corrected chi connectivity index (χ4v) is 2.32. The van der Waals surface area contributed by atoms with E-state index in [1.54, 1.807) is 0 Å². The summed E-state index contributed by atoms with van der Waals surface area (Å²) in [5.74, 6) is 2.67. The molecule has 17 heavy (non-hydrogen) atoms. The van der Waals surface area contributed by atoms with E-state index in [1.807, 2.05) is 13.1 Å². The summed E-state index contributed by atoms with van der Waals surface area (Å²) in [6.07, 6.45) is 3.17. The Morgan fingerprint density at radius 3 is 2.65 bits per heavy atom. The van der Waals surface area contributed by atoms with Crippen LogP contribution in [0.1, 0.15) is 38.8 Å². The molecule has 0 bridgehead atoms. The van der Waals surface area contributed by atoms with Gasteiger partial charge in [0, 0.05) is 25.3 Å². The lowest BCUT2D eigenvalue weighted by Gasteiger charge is -2.36. The first kappa shape index (κ1) is 12.4. The number of rotatable bonds is 2. The van der Waals surface area contributed by atoms with Crippen LogP contribution in [0.15, 0.2) is 18.3 Å². The Hall–Kier alpha value is -1.09. The lowest BCUT2D eigenvalue weighted by molar-refractivity contribution is 0.323. The Labute approximate surface area is 104 Å². The minimum absolute atomic E-state index is 0.0665. The highest BCUT2D eigenvalue weighted by Gasteiger charge is 2.23. The third-order valence-electron chi connectivity index (χ3n) is 3.95. The van der Waals surface area contributed by atoms with E-state index in [0.29, 0.717) is 0 Å². The Balaban J connectivity index is 2.07. The van der Waals surface area contributed by atoms with Crippen molar-refractivity contribution in [3.8, 4) is 0 Å². The van der Waals surface area contributed by atoms with Crippen LogP contribution in [-0.2, 0) is 0 Å². The van der Waals surface area contributed by atoms with E-state index >= 15 is 0 Å². The first-order chi connectivity index (χ1) is 8.08. The van der Waals surface area contributed by atoms with Crippen LogP contribution < -0.4 is 10.6 Å². The number of anilines is 1. The lowest BCUT2D eigenvalue weighted by Crippen LogP contribution is -2.38. The highest BCUT2D eigenvalue weighted by molar-refractivity contribution is 5.40. The summed E-state index contributed by atoms with van der Waals surface area (Å²) in [5, 5.41) is 0. The van der Waals surface area contributed by atoms with Gasteiger partial charge in [0.1, 0.15) is 5.82 Å². The second-order valence-electron chi connectivity index (χ2n) is 5.43. The fraction of sp³-hybridized carbons (Fsp3) is 0.643. The van der Waals surface area contributed by atoms with E-state index in [4.69, 9.17) is 5.73 Å². The smallest absolute Gasteiger partial charge is 0.128 e. The van der Waals surface area contributed by atoms with E-state index in [2.05, 4.69) is 35.9 Å². The number of nitrogens with two attached hydrogens (primary N) is 1. The summed E-state index contributed by atoms with van der Waals surface area (Å²) in [6, 6.07) is 4.26. The summed E-state index contributed by atoms with van der Waals surface area (Å²) in [4.78, 5) is 6.91. The van der Waals surface area contributed by atoms with Crippen LogP contribution in [-0.4, -0.2) is 18.1 Å². The number of piperidine rings is 1. The number of nitrogens with zero attached hydrogens (tertiary/aromatic N) is 2. The maximum atomic E-state index is 5.83. The molecule has 0 aliphatic carbocycles. The average molecular weight is 233 g/mol. The highest BCUT2D eigenvalue weighted by atomic mass is 15.2. The largest absolute Gasteiger partial charge is 0.356 e. The van der Waals surface area contributed by atoms with Gasteiger partial charge >= 0.3 is 0 Å². The molecule has 2 rings (SSSR count). The number of pyridine rings is 1. The summed E-state index contributed by atoms with van der Waals surface area (Å²) in [5.41, 5.74) is 6.93. The van der Waals surface area contributed by atoms with Crippen LogP contribution >= 0.6 is 0 Å². The van der Waals surface area contributed by atoms with Crippen LogP contribution in [0.25, 0.3) is 0 Å². The second-order valence-corrected chi connectivity index (χ2v) is 5.43. The first-order valence-electron chi connectivity index (χ1n) is 6.54. The normalized spacial score (nSPS) is 26.9. The lowest BCUT2D eigenvalue weighted by atomic mass is 9.89. The zero-order valence-corrected chi connectivity index (χ0v) is 11.1. The number of hydrogen-bond acceptors (Lipinski definition) is 3. The van der Waals surface area contributed by atoms with E-state index in [-0.39, 0.29) is 6.04 Å². The van der Waals surface area contributed by atoms with Crippen molar-refractivity contribution in [1.29, 1.82) is 0 Å². The molecule has 2 heterocycles. The van der Waals surface area contributed by atoms with Crippen LogP contribution in [0, 0.1) is 11.8 Å². The topological polar surface area (TPSA) is 42.1 Å². The van der Waals surface area contributed by atoms with Gasteiger partial charge in [-0.2, -0.15) is 0 Å². The quantitative estimate of drug-likeness (QED) is 0.853. The molecule has 1 saturated heterocycles.